The molecule has 2 N–H and O–H groups in total. The van der Waals surface area contributed by atoms with Crippen molar-refractivity contribution in [3.63, 3.8) is 0 Å². The summed E-state index contributed by atoms with van der Waals surface area (Å²) < 4.78 is 5.58. The number of ketones is 1. The molecule has 0 amide bonds. The lowest BCUT2D eigenvalue weighted by Crippen LogP contribution is -2.48. The van der Waals surface area contributed by atoms with Gasteiger partial charge in [0.05, 0.1) is 29.6 Å². The minimum atomic E-state index is -0.436. The van der Waals surface area contributed by atoms with Gasteiger partial charge in [-0.1, -0.05) is 36.7 Å². The number of carbonyl (C=O) groups is 1. The molecule has 182 valence electrons. The zero-order valence-corrected chi connectivity index (χ0v) is 20.8. The predicted octanol–water partition coefficient (Wildman–Crippen LogP) is 4.93. The number of aliphatic hydroxyl groups excluding tert-OH is 1. The van der Waals surface area contributed by atoms with Gasteiger partial charge >= 0.3 is 0 Å². The van der Waals surface area contributed by atoms with Crippen molar-refractivity contribution >= 4 is 34.0 Å². The number of aromatic amines is 1. The first-order valence-electron chi connectivity index (χ1n) is 12.1. The fourth-order valence-corrected chi connectivity index (χ4v) is 5.01. The minimum Gasteiger partial charge on any atom is -0.493 e. The molecule has 3 aromatic rings. The Balaban J connectivity index is 1.23. The molecule has 0 unspecified atom stereocenters. The number of β-amino-alcohol motifs (C(OH)–C–C–N with tert-alkyl or cyclic N) is 1. The van der Waals surface area contributed by atoms with Crippen LogP contribution in [0, 0.1) is 0 Å². The zero-order valence-electron chi connectivity index (χ0n) is 20.0. The number of methoxy groups -OCH3 is 1. The standard InChI is InChI=1S/C27H34ClN3O3/c1-3-19-15-22(28)27(34-2)25(16-19)31-13-11-30(12-14-31)18-21(32)8-6-10-26(33)24-17-20-7-4-5-9-23(20)29-24/h4-5,7,9,15-17,21,29,32H,3,6,8,10-14,18H2,1-2H3/t21-/m0/s1. The van der Waals surface area contributed by atoms with Gasteiger partial charge in [-0.05, 0) is 49.1 Å². The van der Waals surface area contributed by atoms with E-state index in [9.17, 15) is 9.90 Å². The first-order chi connectivity index (χ1) is 16.5. The van der Waals surface area contributed by atoms with E-state index in [1.54, 1.807) is 7.11 Å². The summed E-state index contributed by atoms with van der Waals surface area (Å²) in [7, 11) is 1.66. The molecule has 1 saturated heterocycles. The van der Waals surface area contributed by atoms with Crippen LogP contribution >= 0.6 is 11.6 Å². The van der Waals surface area contributed by atoms with Gasteiger partial charge < -0.3 is 19.7 Å². The van der Waals surface area contributed by atoms with E-state index in [4.69, 9.17) is 16.3 Å². The van der Waals surface area contributed by atoms with Crippen LogP contribution in [-0.4, -0.2) is 66.7 Å². The van der Waals surface area contributed by atoms with Gasteiger partial charge in [0.25, 0.3) is 0 Å². The molecule has 1 fully saturated rings. The highest BCUT2D eigenvalue weighted by Gasteiger charge is 2.23. The highest BCUT2D eigenvalue weighted by molar-refractivity contribution is 6.32. The highest BCUT2D eigenvalue weighted by atomic mass is 35.5. The smallest absolute Gasteiger partial charge is 0.179 e. The molecular weight excluding hydrogens is 450 g/mol. The molecule has 2 aromatic carbocycles. The zero-order chi connectivity index (χ0) is 24.1. The number of aromatic nitrogens is 1. The van der Waals surface area contributed by atoms with Crippen LogP contribution in [0.5, 0.6) is 5.75 Å². The second kappa shape index (κ2) is 11.3. The molecule has 1 atom stereocenters. The summed E-state index contributed by atoms with van der Waals surface area (Å²) in [6.07, 6.45) is 2.22. The number of nitrogens with zero attached hydrogens (tertiary/aromatic N) is 2. The number of carbonyl (C=O) groups excluding carboxylic acids is 1. The van der Waals surface area contributed by atoms with Crippen LogP contribution in [0.15, 0.2) is 42.5 Å². The molecule has 34 heavy (non-hydrogen) atoms. The third-order valence-corrected chi connectivity index (χ3v) is 6.93. The molecule has 1 aliphatic rings. The number of benzene rings is 2. The number of piperazine rings is 1. The van der Waals surface area contributed by atoms with Gasteiger partial charge in [-0.3, -0.25) is 9.69 Å². The molecule has 0 aliphatic carbocycles. The fraction of sp³-hybridized carbons (Fsp3) is 0.444. The maximum atomic E-state index is 12.5. The van der Waals surface area contributed by atoms with E-state index in [0.29, 0.717) is 36.5 Å². The summed E-state index contributed by atoms with van der Waals surface area (Å²) in [4.78, 5) is 20.3. The number of halogens is 1. The Morgan fingerprint density at radius 3 is 2.65 bits per heavy atom. The van der Waals surface area contributed by atoms with Crippen LogP contribution in [0.25, 0.3) is 10.9 Å². The first-order valence-corrected chi connectivity index (χ1v) is 12.5. The van der Waals surface area contributed by atoms with Crippen LogP contribution < -0.4 is 9.64 Å². The first kappa shape index (κ1) is 24.6. The normalized spacial score (nSPS) is 15.6. The van der Waals surface area contributed by atoms with Crippen molar-refractivity contribution in [1.82, 2.24) is 9.88 Å². The largest absolute Gasteiger partial charge is 0.493 e. The number of hydrogen-bond acceptors (Lipinski definition) is 5. The average Bonchev–Trinajstić information content (AvgIpc) is 3.28. The van der Waals surface area contributed by atoms with Crippen LogP contribution in [0.2, 0.25) is 5.02 Å². The molecule has 4 rings (SSSR count). The average molecular weight is 484 g/mol. The van der Waals surface area contributed by atoms with Crippen LogP contribution in [-0.2, 0) is 6.42 Å². The van der Waals surface area contributed by atoms with Gasteiger partial charge in [-0.15, -0.1) is 0 Å². The van der Waals surface area contributed by atoms with Crippen LogP contribution in [0.3, 0.4) is 0 Å². The van der Waals surface area contributed by atoms with Gasteiger partial charge in [0.15, 0.2) is 11.5 Å². The number of H-pyrrole nitrogens is 1. The molecule has 2 heterocycles. The second-order valence-corrected chi connectivity index (χ2v) is 9.42. The summed E-state index contributed by atoms with van der Waals surface area (Å²) >= 11 is 6.44. The van der Waals surface area contributed by atoms with E-state index in [2.05, 4.69) is 27.8 Å². The number of hydrogen-bond donors (Lipinski definition) is 2. The molecule has 0 radical (unpaired) electrons. The van der Waals surface area contributed by atoms with Gasteiger partial charge in [0, 0.05) is 50.0 Å². The maximum absolute atomic E-state index is 12.5. The topological polar surface area (TPSA) is 68.8 Å². The van der Waals surface area contributed by atoms with E-state index in [-0.39, 0.29) is 5.78 Å². The van der Waals surface area contributed by atoms with Crippen molar-refractivity contribution in [2.75, 3.05) is 44.7 Å². The fourth-order valence-electron chi connectivity index (χ4n) is 4.69. The van der Waals surface area contributed by atoms with Gasteiger partial charge in [0.2, 0.25) is 0 Å². The molecule has 1 aliphatic heterocycles. The molecule has 6 nitrogen and oxygen atoms in total. The second-order valence-electron chi connectivity index (χ2n) is 9.01. The number of nitrogens with one attached hydrogen (secondary N) is 1. The number of aryl methyl sites for hydroxylation is 1. The lowest BCUT2D eigenvalue weighted by atomic mass is 10.1. The van der Waals surface area contributed by atoms with Crippen molar-refractivity contribution in [1.29, 1.82) is 0 Å². The lowest BCUT2D eigenvalue weighted by molar-refractivity contribution is 0.0913. The Morgan fingerprint density at radius 1 is 1.18 bits per heavy atom. The molecule has 0 bridgehead atoms. The summed E-state index contributed by atoms with van der Waals surface area (Å²) in [5, 5.41) is 12.3. The van der Waals surface area contributed by atoms with E-state index in [1.165, 1.54) is 5.56 Å². The number of para-hydroxylation sites is 1. The number of anilines is 1. The summed E-state index contributed by atoms with van der Waals surface area (Å²) in [6, 6.07) is 13.9. The van der Waals surface area contributed by atoms with Crippen LogP contribution in [0.4, 0.5) is 5.69 Å². The van der Waals surface area contributed by atoms with Crippen molar-refractivity contribution in [2.24, 2.45) is 0 Å². The molecule has 1 aromatic heterocycles. The van der Waals surface area contributed by atoms with Gasteiger partial charge in [-0.25, -0.2) is 0 Å². The number of Topliss-reactive ketones (excluding diaryl/α,β-unsaturated/α-hetero) is 1. The third-order valence-electron chi connectivity index (χ3n) is 6.65. The Labute approximate surface area is 206 Å². The molecular formula is C27H34ClN3O3. The van der Waals surface area contributed by atoms with Gasteiger partial charge in [0.1, 0.15) is 0 Å². The van der Waals surface area contributed by atoms with Crippen LogP contribution in [0.1, 0.15) is 42.2 Å². The number of ether oxygens (including phenoxy) is 1. The molecule has 0 spiro atoms. The van der Waals surface area contributed by atoms with E-state index in [1.807, 2.05) is 36.4 Å². The Bertz CT molecular complexity index is 1090. The highest BCUT2D eigenvalue weighted by Crippen LogP contribution is 2.37. The maximum Gasteiger partial charge on any atom is 0.179 e. The summed E-state index contributed by atoms with van der Waals surface area (Å²) in [5.74, 6) is 0.825. The van der Waals surface area contributed by atoms with Crippen molar-refractivity contribution in [3.05, 3.63) is 58.7 Å². The number of rotatable bonds is 10. The monoisotopic (exact) mass is 483 g/mol. The number of fused-ring (bicyclic) bond motifs is 1. The lowest BCUT2D eigenvalue weighted by Gasteiger charge is -2.37. The Hall–Kier alpha value is -2.54. The number of aliphatic hydroxyl groups is 1. The molecule has 0 saturated carbocycles. The third kappa shape index (κ3) is 5.74. The van der Waals surface area contributed by atoms with Crippen molar-refractivity contribution < 1.29 is 14.6 Å². The van der Waals surface area contributed by atoms with E-state index >= 15 is 0 Å². The predicted molar refractivity (Wildman–Crippen MR) is 139 cm³/mol. The van der Waals surface area contributed by atoms with E-state index in [0.717, 1.165) is 54.9 Å². The minimum absolute atomic E-state index is 0.0962. The molecule has 7 heteroatoms. The quantitative estimate of drug-likeness (QED) is 0.400. The summed E-state index contributed by atoms with van der Waals surface area (Å²) in [5.41, 5.74) is 3.86. The van der Waals surface area contributed by atoms with Crippen molar-refractivity contribution in [3.8, 4) is 5.75 Å². The Kier molecular flexibility index (Phi) is 8.14. The summed E-state index contributed by atoms with van der Waals surface area (Å²) in [6.45, 7) is 6.18. The van der Waals surface area contributed by atoms with Gasteiger partial charge in [-0.2, -0.15) is 0 Å². The Morgan fingerprint density at radius 2 is 1.94 bits per heavy atom. The SMILES string of the molecule is CCc1cc(Cl)c(OC)c(N2CCN(C[C@@H](O)CCCC(=O)c3cc4ccccc4[nH]3)CC2)c1. The van der Waals surface area contributed by atoms with Crippen molar-refractivity contribution in [2.45, 2.75) is 38.7 Å². The van der Waals surface area contributed by atoms with E-state index < -0.39 is 6.10 Å².